The topological polar surface area (TPSA) is 93.3 Å². The fourth-order valence-electron chi connectivity index (χ4n) is 4.94. The van der Waals surface area contributed by atoms with Crippen molar-refractivity contribution >= 4 is 17.6 Å². The molecular formula is C31H28ClF4N3O4. The molecule has 226 valence electrons. The first-order valence-corrected chi connectivity index (χ1v) is 13.7. The summed E-state index contributed by atoms with van der Waals surface area (Å²) in [7, 11) is 0. The number of carboxylic acids is 1. The van der Waals surface area contributed by atoms with E-state index in [9.17, 15) is 31.9 Å². The number of carbonyl (C=O) groups is 1. The Kier molecular flexibility index (Phi) is 9.87. The van der Waals surface area contributed by atoms with E-state index in [1.54, 1.807) is 48.5 Å². The molecule has 0 amide bonds. The Morgan fingerprint density at radius 2 is 1.65 bits per heavy atom. The number of nitrogens with one attached hydrogen (secondary N) is 1. The summed E-state index contributed by atoms with van der Waals surface area (Å²) in [6, 6.07) is 17.0. The quantitative estimate of drug-likeness (QED) is 0.158. The van der Waals surface area contributed by atoms with Gasteiger partial charge in [-0.2, -0.15) is 13.2 Å². The summed E-state index contributed by atoms with van der Waals surface area (Å²) in [4.78, 5) is 38.9. The molecule has 43 heavy (non-hydrogen) atoms. The van der Waals surface area contributed by atoms with Gasteiger partial charge in [-0.15, -0.1) is 0 Å². The van der Waals surface area contributed by atoms with Gasteiger partial charge in [0.15, 0.2) is 0 Å². The van der Waals surface area contributed by atoms with E-state index in [4.69, 9.17) is 16.7 Å². The number of benzene rings is 3. The molecule has 7 nitrogen and oxygen atoms in total. The molecule has 4 aromatic rings. The second kappa shape index (κ2) is 13.4. The molecule has 2 N–H and O–H groups in total. The first kappa shape index (κ1) is 31.7. The third kappa shape index (κ3) is 7.23. The number of nitrogens with zero attached hydrogens (tertiary/aromatic N) is 2. The van der Waals surface area contributed by atoms with Crippen molar-refractivity contribution in [3.63, 3.8) is 0 Å². The Balaban J connectivity index is 1.92. The van der Waals surface area contributed by atoms with Gasteiger partial charge in [-0.1, -0.05) is 66.2 Å². The van der Waals surface area contributed by atoms with Gasteiger partial charge in [-0.25, -0.2) is 9.18 Å². The highest BCUT2D eigenvalue weighted by Crippen LogP contribution is 2.34. The normalized spacial score (nSPS) is 12.3. The number of carboxylic acid groups (broad SMARTS) is 1. The summed E-state index contributed by atoms with van der Waals surface area (Å²) < 4.78 is 58.3. The molecule has 1 aromatic heterocycles. The fourth-order valence-corrected chi connectivity index (χ4v) is 5.17. The Hall–Kier alpha value is -4.22. The van der Waals surface area contributed by atoms with Crippen molar-refractivity contribution in [2.75, 3.05) is 6.54 Å². The molecule has 1 unspecified atom stereocenters. The van der Waals surface area contributed by atoms with Gasteiger partial charge in [0.05, 0.1) is 30.3 Å². The van der Waals surface area contributed by atoms with Crippen molar-refractivity contribution in [3.8, 4) is 11.1 Å². The van der Waals surface area contributed by atoms with Crippen LogP contribution in [0.5, 0.6) is 0 Å². The van der Waals surface area contributed by atoms with Crippen LogP contribution in [0.25, 0.3) is 11.1 Å². The van der Waals surface area contributed by atoms with Gasteiger partial charge in [0, 0.05) is 28.3 Å². The van der Waals surface area contributed by atoms with E-state index < -0.39 is 52.9 Å². The molecule has 0 aliphatic carbocycles. The number of halogens is 5. The van der Waals surface area contributed by atoms with Gasteiger partial charge in [-0.3, -0.25) is 18.7 Å². The molecule has 0 radical (unpaired) electrons. The van der Waals surface area contributed by atoms with E-state index in [1.165, 1.54) is 13.0 Å². The fraction of sp³-hybridized carbons (Fsp3) is 0.258. The van der Waals surface area contributed by atoms with Crippen LogP contribution in [0.1, 0.15) is 41.3 Å². The number of aromatic nitrogens is 2. The lowest BCUT2D eigenvalue weighted by Gasteiger charge is -2.23. The van der Waals surface area contributed by atoms with Crippen LogP contribution in [0.2, 0.25) is 5.02 Å². The minimum absolute atomic E-state index is 0.0152. The predicted octanol–water partition coefficient (Wildman–Crippen LogP) is 6.04. The molecule has 0 fully saturated rings. The summed E-state index contributed by atoms with van der Waals surface area (Å²) in [5.74, 6) is -2.13. The van der Waals surface area contributed by atoms with Gasteiger partial charge in [-0.05, 0) is 43.7 Å². The third-order valence-corrected chi connectivity index (χ3v) is 7.43. The minimum Gasteiger partial charge on any atom is -0.481 e. The van der Waals surface area contributed by atoms with E-state index >= 15 is 0 Å². The Bertz CT molecular complexity index is 1740. The number of alkyl halides is 3. The standard InChI is InChI=1S/C31H28ClF4N3O4/c1-19-28(21-11-5-6-13-24(21)32)29(42)39(18-26(20-9-3-2-4-10-20)37-16-8-15-27(40)41)30(43)38(19)17-22-23(31(34,35)36)12-7-14-25(22)33/h2-7,9-14,26,37H,8,15-18H2,1H3,(H,40,41). The van der Waals surface area contributed by atoms with Crippen molar-refractivity contribution in [2.24, 2.45) is 0 Å². The van der Waals surface area contributed by atoms with Crippen molar-refractivity contribution in [3.05, 3.63) is 127 Å². The third-order valence-electron chi connectivity index (χ3n) is 7.10. The molecular weight excluding hydrogens is 590 g/mol. The van der Waals surface area contributed by atoms with E-state index in [0.29, 0.717) is 5.56 Å². The molecule has 1 atom stereocenters. The lowest BCUT2D eigenvalue weighted by Crippen LogP contribution is -2.45. The molecule has 0 aliphatic rings. The number of hydrogen-bond acceptors (Lipinski definition) is 4. The Morgan fingerprint density at radius 3 is 2.30 bits per heavy atom. The molecule has 12 heteroatoms. The smallest absolute Gasteiger partial charge is 0.416 e. The first-order valence-electron chi connectivity index (χ1n) is 13.3. The van der Waals surface area contributed by atoms with E-state index in [2.05, 4.69) is 5.32 Å². The molecule has 0 saturated carbocycles. The highest BCUT2D eigenvalue weighted by molar-refractivity contribution is 6.33. The maximum atomic E-state index is 14.9. The van der Waals surface area contributed by atoms with E-state index in [-0.39, 0.29) is 47.8 Å². The largest absolute Gasteiger partial charge is 0.481 e. The second-order valence-corrected chi connectivity index (χ2v) is 10.3. The molecule has 3 aromatic carbocycles. The van der Waals surface area contributed by atoms with Gasteiger partial charge in [0.1, 0.15) is 5.82 Å². The van der Waals surface area contributed by atoms with E-state index in [1.807, 2.05) is 0 Å². The van der Waals surface area contributed by atoms with Crippen molar-refractivity contribution in [1.29, 1.82) is 0 Å². The summed E-state index contributed by atoms with van der Waals surface area (Å²) in [5, 5.41) is 12.4. The predicted molar refractivity (Wildman–Crippen MR) is 155 cm³/mol. The zero-order valence-corrected chi connectivity index (χ0v) is 23.8. The molecule has 0 spiro atoms. The Labute approximate surface area is 249 Å². The molecule has 0 aliphatic heterocycles. The van der Waals surface area contributed by atoms with Crippen molar-refractivity contribution in [2.45, 2.75) is 45.1 Å². The zero-order chi connectivity index (χ0) is 31.3. The van der Waals surface area contributed by atoms with Crippen LogP contribution in [0.4, 0.5) is 17.6 Å². The maximum absolute atomic E-state index is 14.9. The van der Waals surface area contributed by atoms with Crippen LogP contribution in [-0.2, 0) is 24.1 Å². The van der Waals surface area contributed by atoms with Crippen molar-refractivity contribution in [1.82, 2.24) is 14.5 Å². The summed E-state index contributed by atoms with van der Waals surface area (Å²) in [5.41, 5.74) is -2.73. The second-order valence-electron chi connectivity index (χ2n) is 9.90. The molecule has 1 heterocycles. The number of aliphatic carboxylic acids is 1. The highest BCUT2D eigenvalue weighted by atomic mass is 35.5. The lowest BCUT2D eigenvalue weighted by molar-refractivity contribution is -0.138. The average Bonchev–Trinajstić information content (AvgIpc) is 2.96. The van der Waals surface area contributed by atoms with Crippen LogP contribution >= 0.6 is 11.6 Å². The number of rotatable bonds is 11. The molecule has 0 bridgehead atoms. The summed E-state index contributed by atoms with van der Waals surface area (Å²) in [6.07, 6.45) is -4.73. The van der Waals surface area contributed by atoms with Crippen LogP contribution in [0.3, 0.4) is 0 Å². The summed E-state index contributed by atoms with van der Waals surface area (Å²) >= 11 is 6.42. The lowest BCUT2D eigenvalue weighted by atomic mass is 10.0. The van der Waals surface area contributed by atoms with Crippen molar-refractivity contribution < 1.29 is 27.5 Å². The highest BCUT2D eigenvalue weighted by Gasteiger charge is 2.35. The Morgan fingerprint density at radius 1 is 0.977 bits per heavy atom. The van der Waals surface area contributed by atoms with Crippen LogP contribution in [0.15, 0.2) is 82.4 Å². The number of hydrogen-bond donors (Lipinski definition) is 2. The van der Waals surface area contributed by atoms with Crippen LogP contribution in [-0.4, -0.2) is 26.8 Å². The SMILES string of the molecule is Cc1c(-c2ccccc2Cl)c(=O)n(CC(NCCCC(=O)O)c2ccccc2)c(=O)n1Cc1c(F)cccc1C(F)(F)F. The van der Waals surface area contributed by atoms with Crippen LogP contribution in [0, 0.1) is 12.7 Å². The van der Waals surface area contributed by atoms with E-state index in [0.717, 1.165) is 27.3 Å². The summed E-state index contributed by atoms with van der Waals surface area (Å²) in [6.45, 7) is 0.586. The maximum Gasteiger partial charge on any atom is 0.416 e. The van der Waals surface area contributed by atoms with Gasteiger partial charge >= 0.3 is 17.8 Å². The first-order chi connectivity index (χ1) is 20.4. The molecule has 4 rings (SSSR count). The zero-order valence-electron chi connectivity index (χ0n) is 23.0. The minimum atomic E-state index is -4.90. The van der Waals surface area contributed by atoms with Gasteiger partial charge in [0.25, 0.3) is 5.56 Å². The van der Waals surface area contributed by atoms with Gasteiger partial charge in [0.2, 0.25) is 0 Å². The molecule has 0 saturated heterocycles. The average molecular weight is 618 g/mol. The van der Waals surface area contributed by atoms with Crippen LogP contribution < -0.4 is 16.6 Å². The monoisotopic (exact) mass is 617 g/mol. The van der Waals surface area contributed by atoms with Gasteiger partial charge < -0.3 is 10.4 Å².